The second-order valence-corrected chi connectivity index (χ2v) is 13.5. The van der Waals surface area contributed by atoms with E-state index in [1.807, 2.05) is 23.6 Å². The molecule has 9 rings (SSSR count). The Balaban J connectivity index is 1.13. The van der Waals surface area contributed by atoms with E-state index in [9.17, 15) is 0 Å². The van der Waals surface area contributed by atoms with Crippen LogP contribution in [-0.2, 0) is 0 Å². The van der Waals surface area contributed by atoms with Crippen LogP contribution in [0, 0.1) is 0 Å². The summed E-state index contributed by atoms with van der Waals surface area (Å²) in [6, 6.07) is 67.4. The summed E-state index contributed by atoms with van der Waals surface area (Å²) in [7, 11) is 0. The summed E-state index contributed by atoms with van der Waals surface area (Å²) in [5.74, 6) is 0. The van der Waals surface area contributed by atoms with Crippen molar-refractivity contribution in [2.45, 2.75) is 0 Å². The molecule has 3 heteroatoms. The van der Waals surface area contributed by atoms with Crippen molar-refractivity contribution in [3.8, 4) is 44.5 Å². The van der Waals surface area contributed by atoms with E-state index in [1.165, 1.54) is 59.3 Å². The predicted octanol–water partition coefficient (Wildman–Crippen LogP) is 13.6. The fourth-order valence-electron chi connectivity index (χ4n) is 6.85. The molecule has 0 saturated heterocycles. The maximum atomic E-state index is 4.71. The highest BCUT2D eigenvalue weighted by Gasteiger charge is 2.16. The first-order valence-electron chi connectivity index (χ1n) is 16.9. The molecule has 0 aliphatic rings. The predicted molar refractivity (Wildman–Crippen MR) is 214 cm³/mol. The molecule has 0 N–H and O–H groups in total. The van der Waals surface area contributed by atoms with Gasteiger partial charge in [0.1, 0.15) is 0 Å². The van der Waals surface area contributed by atoms with Crippen LogP contribution < -0.4 is 4.90 Å². The quantitative estimate of drug-likeness (QED) is 0.170. The van der Waals surface area contributed by atoms with Crippen LogP contribution in [0.3, 0.4) is 0 Å². The third-order valence-corrected chi connectivity index (χ3v) is 10.5. The van der Waals surface area contributed by atoms with Crippen molar-refractivity contribution < 1.29 is 0 Å². The molecule has 50 heavy (non-hydrogen) atoms. The molecule has 236 valence electrons. The van der Waals surface area contributed by atoms with E-state index in [1.54, 1.807) is 0 Å². The van der Waals surface area contributed by atoms with Gasteiger partial charge in [0.05, 0.1) is 10.2 Å². The normalized spacial score (nSPS) is 11.2. The number of hydrogen-bond donors (Lipinski definition) is 0. The Bertz CT molecular complexity index is 2570. The number of benzene rings is 7. The molecule has 0 spiro atoms. The summed E-state index contributed by atoms with van der Waals surface area (Å²) in [4.78, 5) is 7.07. The Hall–Kier alpha value is -6.29. The summed E-state index contributed by atoms with van der Waals surface area (Å²) in [5.41, 5.74) is 14.0. The van der Waals surface area contributed by atoms with Gasteiger partial charge in [-0.25, -0.2) is 0 Å². The van der Waals surface area contributed by atoms with Gasteiger partial charge in [-0.1, -0.05) is 133 Å². The SMILES string of the molecule is c1ccc(-c2ccc(N(c3ccc(-c4cccc(-c5ccccc5)c4)cc3)c3cccc(-c4cccc5c4sc4cccnc45)c3)cc2)cc1. The summed E-state index contributed by atoms with van der Waals surface area (Å²) in [5, 5.41) is 1.20. The lowest BCUT2D eigenvalue weighted by Gasteiger charge is -2.26. The fourth-order valence-corrected chi connectivity index (χ4v) is 8.05. The van der Waals surface area contributed by atoms with E-state index in [0.717, 1.165) is 22.6 Å². The average molecular weight is 657 g/mol. The number of pyridine rings is 1. The average Bonchev–Trinajstić information content (AvgIpc) is 3.59. The molecule has 2 heterocycles. The molecule has 0 bridgehead atoms. The van der Waals surface area contributed by atoms with Crippen LogP contribution in [0.2, 0.25) is 0 Å². The number of anilines is 3. The number of hydrogen-bond acceptors (Lipinski definition) is 3. The first-order chi connectivity index (χ1) is 24.8. The largest absolute Gasteiger partial charge is 0.310 e. The van der Waals surface area contributed by atoms with Gasteiger partial charge in [0.15, 0.2) is 0 Å². The number of nitrogens with zero attached hydrogens (tertiary/aromatic N) is 2. The Morgan fingerprint density at radius 1 is 0.380 bits per heavy atom. The van der Waals surface area contributed by atoms with Gasteiger partial charge < -0.3 is 4.90 Å². The molecule has 0 unspecified atom stereocenters. The van der Waals surface area contributed by atoms with Crippen molar-refractivity contribution in [1.29, 1.82) is 0 Å². The summed E-state index contributed by atoms with van der Waals surface area (Å²) in [6.07, 6.45) is 1.88. The van der Waals surface area contributed by atoms with Gasteiger partial charge in [0, 0.05) is 33.3 Å². The minimum atomic E-state index is 1.07. The summed E-state index contributed by atoms with van der Waals surface area (Å²) < 4.78 is 2.47. The number of thiophene rings is 1. The Labute approximate surface area is 296 Å². The van der Waals surface area contributed by atoms with Crippen molar-refractivity contribution >= 4 is 48.7 Å². The molecule has 2 nitrogen and oxygen atoms in total. The molecular formula is C47H32N2S. The molecule has 0 atom stereocenters. The van der Waals surface area contributed by atoms with Crippen molar-refractivity contribution in [2.75, 3.05) is 4.90 Å². The van der Waals surface area contributed by atoms with Gasteiger partial charge in [0.2, 0.25) is 0 Å². The lowest BCUT2D eigenvalue weighted by molar-refractivity contribution is 1.28. The molecule has 0 aliphatic carbocycles. The molecule has 0 fully saturated rings. The zero-order valence-corrected chi connectivity index (χ0v) is 28.1. The smallest absolute Gasteiger partial charge is 0.0888 e. The van der Waals surface area contributed by atoms with Crippen LogP contribution in [-0.4, -0.2) is 4.98 Å². The van der Waals surface area contributed by atoms with Crippen LogP contribution >= 0.6 is 11.3 Å². The molecule has 2 aromatic heterocycles. The topological polar surface area (TPSA) is 16.1 Å². The van der Waals surface area contributed by atoms with E-state index in [0.29, 0.717) is 0 Å². The van der Waals surface area contributed by atoms with Crippen LogP contribution in [0.15, 0.2) is 194 Å². The molecule has 0 aliphatic heterocycles. The van der Waals surface area contributed by atoms with Crippen LogP contribution in [0.25, 0.3) is 64.8 Å². The van der Waals surface area contributed by atoms with Crippen molar-refractivity contribution in [1.82, 2.24) is 4.98 Å². The van der Waals surface area contributed by atoms with Gasteiger partial charge in [-0.05, 0) is 99.1 Å². The van der Waals surface area contributed by atoms with Gasteiger partial charge in [-0.2, -0.15) is 0 Å². The Kier molecular flexibility index (Phi) is 7.73. The third kappa shape index (κ3) is 5.64. The highest BCUT2D eigenvalue weighted by molar-refractivity contribution is 7.26. The number of rotatable bonds is 7. The first-order valence-corrected chi connectivity index (χ1v) is 17.7. The van der Waals surface area contributed by atoms with Gasteiger partial charge in [-0.15, -0.1) is 11.3 Å². The standard InChI is InChI=1S/C47H32N2S/c1-3-11-33(12-4-1)35-22-26-40(27-23-35)49(41-28-24-36(25-29-41)38-16-7-15-37(31-38)34-13-5-2-6-14-34)42-18-8-17-39(32-42)43-19-9-20-44-46-45(50-47(43)44)21-10-30-48-46/h1-32H. The van der Waals surface area contributed by atoms with Crippen LogP contribution in [0.4, 0.5) is 17.1 Å². The van der Waals surface area contributed by atoms with Crippen molar-refractivity contribution in [2.24, 2.45) is 0 Å². The Morgan fingerprint density at radius 3 is 1.60 bits per heavy atom. The summed E-state index contributed by atoms with van der Waals surface area (Å²) >= 11 is 1.81. The third-order valence-electron chi connectivity index (χ3n) is 9.33. The molecule has 0 radical (unpaired) electrons. The van der Waals surface area contributed by atoms with E-state index in [2.05, 4.69) is 187 Å². The van der Waals surface area contributed by atoms with Crippen LogP contribution in [0.1, 0.15) is 0 Å². The van der Waals surface area contributed by atoms with Crippen LogP contribution in [0.5, 0.6) is 0 Å². The minimum Gasteiger partial charge on any atom is -0.310 e. The highest BCUT2D eigenvalue weighted by atomic mass is 32.1. The Morgan fingerprint density at radius 2 is 0.920 bits per heavy atom. The maximum absolute atomic E-state index is 4.71. The van der Waals surface area contributed by atoms with E-state index < -0.39 is 0 Å². The molecule has 0 saturated carbocycles. The van der Waals surface area contributed by atoms with E-state index in [4.69, 9.17) is 4.98 Å². The molecule has 7 aromatic carbocycles. The van der Waals surface area contributed by atoms with E-state index >= 15 is 0 Å². The lowest BCUT2D eigenvalue weighted by Crippen LogP contribution is -2.10. The monoisotopic (exact) mass is 656 g/mol. The highest BCUT2D eigenvalue weighted by Crippen LogP contribution is 2.42. The van der Waals surface area contributed by atoms with Gasteiger partial charge >= 0.3 is 0 Å². The van der Waals surface area contributed by atoms with E-state index in [-0.39, 0.29) is 0 Å². The molecular weight excluding hydrogens is 625 g/mol. The fraction of sp³-hybridized carbons (Fsp3) is 0. The molecule has 0 amide bonds. The molecule has 9 aromatic rings. The zero-order chi connectivity index (χ0) is 33.3. The van der Waals surface area contributed by atoms with Gasteiger partial charge in [0.25, 0.3) is 0 Å². The second-order valence-electron chi connectivity index (χ2n) is 12.4. The number of aromatic nitrogens is 1. The second kappa shape index (κ2) is 13.0. The minimum absolute atomic E-state index is 1.07. The van der Waals surface area contributed by atoms with Crippen molar-refractivity contribution in [3.63, 3.8) is 0 Å². The van der Waals surface area contributed by atoms with Gasteiger partial charge in [-0.3, -0.25) is 4.98 Å². The van der Waals surface area contributed by atoms with Crippen molar-refractivity contribution in [3.05, 3.63) is 194 Å². The first kappa shape index (κ1) is 29.8. The summed E-state index contributed by atoms with van der Waals surface area (Å²) in [6.45, 7) is 0. The maximum Gasteiger partial charge on any atom is 0.0888 e. The lowest BCUT2D eigenvalue weighted by atomic mass is 9.98. The number of fused-ring (bicyclic) bond motifs is 3. The zero-order valence-electron chi connectivity index (χ0n) is 27.3.